The van der Waals surface area contributed by atoms with Crippen LogP contribution in [0.1, 0.15) is 37.5 Å². The van der Waals surface area contributed by atoms with E-state index in [-0.39, 0.29) is 5.75 Å². The van der Waals surface area contributed by atoms with E-state index in [1.165, 1.54) is 6.07 Å². The van der Waals surface area contributed by atoms with E-state index >= 15 is 0 Å². The second-order valence-electron chi connectivity index (χ2n) is 5.65. The van der Waals surface area contributed by atoms with Gasteiger partial charge in [0, 0.05) is 11.5 Å². The fourth-order valence-corrected chi connectivity index (χ4v) is 2.83. The van der Waals surface area contributed by atoms with E-state index in [2.05, 4.69) is 0 Å². The van der Waals surface area contributed by atoms with Crippen LogP contribution in [-0.4, -0.2) is 11.3 Å². The average Bonchev–Trinajstić information content (AvgIpc) is 2.38. The van der Waals surface area contributed by atoms with Gasteiger partial charge in [-0.3, -0.25) is 0 Å². The van der Waals surface area contributed by atoms with Crippen LogP contribution in [-0.2, 0) is 0 Å². The van der Waals surface area contributed by atoms with E-state index in [4.69, 9.17) is 0 Å². The van der Waals surface area contributed by atoms with Gasteiger partial charge in [0.15, 0.2) is 11.6 Å². The maximum atomic E-state index is 14.1. The molecule has 108 valence electrons. The lowest BCUT2D eigenvalue weighted by Crippen LogP contribution is -2.19. The number of phenolic OH excluding ortho intramolecular Hbond substituents is 1. The summed E-state index contributed by atoms with van der Waals surface area (Å²) < 4.78 is 28.0. The molecule has 0 aliphatic heterocycles. The molecule has 20 heavy (non-hydrogen) atoms. The maximum Gasteiger partial charge on any atom is 0.165 e. The van der Waals surface area contributed by atoms with Gasteiger partial charge in [0.25, 0.3) is 0 Å². The molecule has 1 aromatic rings. The van der Waals surface area contributed by atoms with Crippen molar-refractivity contribution in [3.05, 3.63) is 45.8 Å². The Kier molecular flexibility index (Phi) is 3.72. The van der Waals surface area contributed by atoms with Crippen LogP contribution >= 0.6 is 0 Å². The summed E-state index contributed by atoms with van der Waals surface area (Å²) in [5, 5.41) is 10.1. The van der Waals surface area contributed by atoms with Crippen LogP contribution in [0.5, 0.6) is 5.75 Å². The number of benzene rings is 1. The number of halogens is 2. The molecule has 0 fully saturated rings. The van der Waals surface area contributed by atoms with Gasteiger partial charge in [-0.15, -0.1) is 0 Å². The highest BCUT2D eigenvalue weighted by Crippen LogP contribution is 2.43. The molecule has 0 bridgehead atoms. The minimum Gasteiger partial charge on any atom is -0.504 e. The zero-order valence-electron chi connectivity index (χ0n) is 12.5. The molecule has 0 saturated heterocycles. The van der Waals surface area contributed by atoms with Crippen molar-refractivity contribution in [2.45, 2.75) is 40.8 Å². The van der Waals surface area contributed by atoms with Crippen LogP contribution in [0.4, 0.5) is 8.78 Å². The fourth-order valence-electron chi connectivity index (χ4n) is 2.83. The predicted molar refractivity (Wildman–Crippen MR) is 77.9 cm³/mol. The summed E-state index contributed by atoms with van der Waals surface area (Å²) in [7, 11) is 0. The largest absolute Gasteiger partial charge is 0.504 e. The monoisotopic (exact) mass is 278 g/mol. The quantitative estimate of drug-likeness (QED) is 0.778. The summed E-state index contributed by atoms with van der Waals surface area (Å²) in [6, 6.07) is 1.31. The Morgan fingerprint density at radius 1 is 1.15 bits per heavy atom. The number of phenols is 1. The topological polar surface area (TPSA) is 20.2 Å². The first-order valence-corrected chi connectivity index (χ1v) is 6.78. The van der Waals surface area contributed by atoms with Gasteiger partial charge in [0.05, 0.1) is 0 Å². The van der Waals surface area contributed by atoms with Crippen LogP contribution in [0, 0.1) is 25.6 Å². The van der Waals surface area contributed by atoms with Gasteiger partial charge < -0.3 is 5.11 Å². The second kappa shape index (κ2) is 5.04. The van der Waals surface area contributed by atoms with E-state index in [9.17, 15) is 13.9 Å². The molecule has 2 rings (SSSR count). The Hall–Kier alpha value is -1.64. The normalized spacial score (nSPS) is 23.1. The van der Waals surface area contributed by atoms with E-state index in [1.54, 1.807) is 19.9 Å². The van der Waals surface area contributed by atoms with Gasteiger partial charge in [-0.1, -0.05) is 6.92 Å². The highest BCUT2D eigenvalue weighted by molar-refractivity contribution is 5.81. The molecular weight excluding hydrogens is 258 g/mol. The third kappa shape index (κ3) is 2.15. The van der Waals surface area contributed by atoms with Crippen LogP contribution in [0.3, 0.4) is 0 Å². The molecule has 1 aliphatic carbocycles. The van der Waals surface area contributed by atoms with Gasteiger partial charge in [-0.05, 0) is 67.7 Å². The highest BCUT2D eigenvalue weighted by atomic mass is 19.1. The first kappa shape index (κ1) is 14.8. The smallest absolute Gasteiger partial charge is 0.165 e. The number of hydrogen-bond donors (Lipinski definition) is 1. The van der Waals surface area contributed by atoms with Crippen molar-refractivity contribution < 1.29 is 13.9 Å². The Labute approximate surface area is 118 Å². The molecule has 3 heteroatoms. The molecule has 1 aliphatic rings. The standard InChI is InChI=1S/C17H20F2O/c1-8-6-13(18)12(5)15(10(8)3)16-11(4)9(2)7-14(19)17(16)20/h6-7,12-13,20H,1-5H3/t12-,13-/m0/s1. The second-order valence-corrected chi connectivity index (χ2v) is 5.65. The molecular formula is C17H20F2O. The molecule has 0 unspecified atom stereocenters. The van der Waals surface area contributed by atoms with Crippen LogP contribution in [0.25, 0.3) is 5.57 Å². The van der Waals surface area contributed by atoms with Crippen molar-refractivity contribution in [1.82, 2.24) is 0 Å². The molecule has 1 aromatic carbocycles. The van der Waals surface area contributed by atoms with Gasteiger partial charge in [0.1, 0.15) is 6.17 Å². The average molecular weight is 278 g/mol. The van der Waals surface area contributed by atoms with E-state index < -0.39 is 17.9 Å². The van der Waals surface area contributed by atoms with Crippen molar-refractivity contribution in [2.75, 3.05) is 0 Å². The van der Waals surface area contributed by atoms with Gasteiger partial charge in [0.2, 0.25) is 0 Å². The molecule has 0 radical (unpaired) electrons. The number of rotatable bonds is 1. The van der Waals surface area contributed by atoms with Crippen LogP contribution in [0.15, 0.2) is 23.3 Å². The molecule has 0 aromatic heterocycles. The molecule has 0 amide bonds. The summed E-state index contributed by atoms with van der Waals surface area (Å²) in [5.74, 6) is -1.43. The van der Waals surface area contributed by atoms with E-state index in [1.807, 2.05) is 20.8 Å². The predicted octanol–water partition coefficient (Wildman–Crippen LogP) is 4.86. The van der Waals surface area contributed by atoms with E-state index in [0.717, 1.165) is 22.3 Å². The highest BCUT2D eigenvalue weighted by Gasteiger charge is 2.30. The Morgan fingerprint density at radius 2 is 1.75 bits per heavy atom. The van der Waals surface area contributed by atoms with E-state index in [0.29, 0.717) is 11.1 Å². The molecule has 1 N–H and O–H groups in total. The third-order valence-corrected chi connectivity index (χ3v) is 4.38. The van der Waals surface area contributed by atoms with Crippen molar-refractivity contribution in [3.63, 3.8) is 0 Å². The SMILES string of the molecule is CC1=C[C@H](F)[C@H](C)C(c2c(C)c(C)cc(F)c2O)=C1C. The lowest BCUT2D eigenvalue weighted by Gasteiger charge is -2.28. The number of aryl methyl sites for hydroxylation is 1. The van der Waals surface area contributed by atoms with Gasteiger partial charge >= 0.3 is 0 Å². The molecule has 0 spiro atoms. The Balaban J connectivity index is 2.79. The van der Waals surface area contributed by atoms with Crippen molar-refractivity contribution >= 4 is 5.57 Å². The first-order valence-electron chi connectivity index (χ1n) is 6.78. The first-order chi connectivity index (χ1) is 9.25. The van der Waals surface area contributed by atoms with Crippen LogP contribution < -0.4 is 0 Å². The van der Waals surface area contributed by atoms with Crippen molar-refractivity contribution in [1.29, 1.82) is 0 Å². The zero-order chi connectivity index (χ0) is 15.2. The lowest BCUT2D eigenvalue weighted by molar-refractivity contribution is 0.337. The molecule has 0 heterocycles. The minimum atomic E-state index is -1.11. The summed E-state index contributed by atoms with van der Waals surface area (Å²) >= 11 is 0. The molecule has 1 nitrogen and oxygen atoms in total. The maximum absolute atomic E-state index is 14.1. The summed E-state index contributed by atoms with van der Waals surface area (Å²) in [6.07, 6.45) is 0.471. The lowest BCUT2D eigenvalue weighted by atomic mass is 9.78. The van der Waals surface area contributed by atoms with Crippen molar-refractivity contribution in [3.8, 4) is 5.75 Å². The molecule has 0 saturated carbocycles. The summed E-state index contributed by atoms with van der Waals surface area (Å²) in [5.41, 5.74) is 4.45. The summed E-state index contributed by atoms with van der Waals surface area (Å²) in [6.45, 7) is 9.12. The number of alkyl halides is 1. The van der Waals surface area contributed by atoms with Gasteiger partial charge in [-0.2, -0.15) is 0 Å². The number of allylic oxidation sites excluding steroid dienone is 4. The summed E-state index contributed by atoms with van der Waals surface area (Å²) in [4.78, 5) is 0. The van der Waals surface area contributed by atoms with Crippen molar-refractivity contribution in [2.24, 2.45) is 5.92 Å². The Bertz CT molecular complexity index is 600. The number of hydrogen-bond acceptors (Lipinski definition) is 1. The fraction of sp³-hybridized carbons (Fsp3) is 0.412. The zero-order valence-corrected chi connectivity index (χ0v) is 12.5. The van der Waals surface area contributed by atoms with Gasteiger partial charge in [-0.25, -0.2) is 8.78 Å². The Morgan fingerprint density at radius 3 is 2.35 bits per heavy atom. The minimum absolute atomic E-state index is 0.379. The third-order valence-electron chi connectivity index (χ3n) is 4.38. The van der Waals surface area contributed by atoms with Crippen LogP contribution in [0.2, 0.25) is 0 Å². The molecule has 2 atom stereocenters. The number of aromatic hydroxyl groups is 1.